The van der Waals surface area contributed by atoms with Gasteiger partial charge >= 0.3 is 0 Å². The second-order valence-electron chi connectivity index (χ2n) is 6.20. The number of nitrogens with zero attached hydrogens (tertiary/aromatic N) is 1. The van der Waals surface area contributed by atoms with E-state index in [1.54, 1.807) is 0 Å². The van der Waals surface area contributed by atoms with Gasteiger partial charge in [0.15, 0.2) is 0 Å². The average molecular weight is 352 g/mol. The highest BCUT2D eigenvalue weighted by molar-refractivity contribution is 9.10. The maximum absolute atomic E-state index is 12.4. The van der Waals surface area contributed by atoms with Gasteiger partial charge in [-0.05, 0) is 66.6 Å². The Kier molecular flexibility index (Phi) is 4.60. The first-order valence-electron chi connectivity index (χ1n) is 7.83. The molecule has 21 heavy (non-hydrogen) atoms. The van der Waals surface area contributed by atoms with Crippen molar-refractivity contribution in [1.82, 2.24) is 10.3 Å². The lowest BCUT2D eigenvalue weighted by molar-refractivity contribution is -0.119. The van der Waals surface area contributed by atoms with Crippen molar-refractivity contribution >= 4 is 27.7 Å². The Morgan fingerprint density at radius 1 is 1.29 bits per heavy atom. The van der Waals surface area contributed by atoms with Crippen molar-refractivity contribution < 1.29 is 4.79 Å². The summed E-state index contributed by atoms with van der Waals surface area (Å²) in [5, 5.41) is 6.49. The first-order valence-corrected chi connectivity index (χ1v) is 8.63. The lowest BCUT2D eigenvalue weighted by Gasteiger charge is -2.39. The molecule has 4 nitrogen and oxygen atoms in total. The van der Waals surface area contributed by atoms with Crippen LogP contribution in [0, 0.1) is 12.8 Å². The molecule has 3 rings (SSSR count). The number of piperidine rings is 1. The molecule has 1 aliphatic carbocycles. The molecule has 1 aliphatic heterocycles. The van der Waals surface area contributed by atoms with E-state index in [4.69, 9.17) is 0 Å². The molecule has 2 N–H and O–H groups in total. The zero-order valence-corrected chi connectivity index (χ0v) is 13.9. The topological polar surface area (TPSA) is 54.0 Å². The summed E-state index contributed by atoms with van der Waals surface area (Å²) in [4.78, 5) is 16.8. The van der Waals surface area contributed by atoms with Crippen LogP contribution in [0.2, 0.25) is 0 Å². The van der Waals surface area contributed by atoms with Crippen LogP contribution in [-0.2, 0) is 4.79 Å². The van der Waals surface area contributed by atoms with E-state index in [0.29, 0.717) is 11.9 Å². The van der Waals surface area contributed by atoms with Crippen molar-refractivity contribution in [3.63, 3.8) is 0 Å². The van der Waals surface area contributed by atoms with Gasteiger partial charge in [0.25, 0.3) is 0 Å². The van der Waals surface area contributed by atoms with Crippen molar-refractivity contribution in [3.05, 3.63) is 22.3 Å². The highest BCUT2D eigenvalue weighted by Gasteiger charge is 2.34. The Balaban J connectivity index is 1.61. The molecule has 1 saturated heterocycles. The Morgan fingerprint density at radius 2 is 2.10 bits per heavy atom. The molecule has 1 saturated carbocycles. The number of pyridine rings is 1. The van der Waals surface area contributed by atoms with Crippen LogP contribution >= 0.6 is 15.9 Å². The highest BCUT2D eigenvalue weighted by atomic mass is 79.9. The van der Waals surface area contributed by atoms with E-state index < -0.39 is 0 Å². The fourth-order valence-corrected chi connectivity index (χ4v) is 3.75. The third-order valence-electron chi connectivity index (χ3n) is 4.74. The van der Waals surface area contributed by atoms with E-state index in [9.17, 15) is 4.79 Å². The Morgan fingerprint density at radius 3 is 2.90 bits per heavy atom. The normalized spacial score (nSPS) is 28.8. The summed E-state index contributed by atoms with van der Waals surface area (Å²) >= 11 is 3.42. The molecule has 0 aromatic carbocycles. The molecule has 2 aliphatic rings. The molecule has 0 bridgehead atoms. The first kappa shape index (κ1) is 15.0. The van der Waals surface area contributed by atoms with Crippen LogP contribution < -0.4 is 10.6 Å². The second kappa shape index (κ2) is 6.44. The zero-order valence-electron chi connectivity index (χ0n) is 12.4. The summed E-state index contributed by atoms with van der Waals surface area (Å²) < 4.78 is 0.960. The molecular weight excluding hydrogens is 330 g/mol. The van der Waals surface area contributed by atoms with Gasteiger partial charge < -0.3 is 10.6 Å². The van der Waals surface area contributed by atoms with E-state index in [1.807, 2.05) is 19.1 Å². The van der Waals surface area contributed by atoms with Crippen LogP contribution in [0.1, 0.15) is 44.2 Å². The highest BCUT2D eigenvalue weighted by Crippen LogP contribution is 2.32. The average Bonchev–Trinajstić information content (AvgIpc) is 2.50. The van der Waals surface area contributed by atoms with Gasteiger partial charge in [0, 0.05) is 10.5 Å². The number of carbonyl (C=O) groups is 1. The molecule has 1 aromatic heterocycles. The minimum absolute atomic E-state index is 0.0493. The Bertz CT molecular complexity index is 534. The summed E-state index contributed by atoms with van der Waals surface area (Å²) in [5.41, 5.74) is 0.886. The van der Waals surface area contributed by atoms with Crippen LogP contribution in [0.5, 0.6) is 0 Å². The fraction of sp³-hybridized carbons (Fsp3) is 0.625. The lowest BCUT2D eigenvalue weighted by atomic mass is 9.77. The molecular formula is C16H22BrN3O. The maximum atomic E-state index is 12.4. The molecule has 1 aromatic rings. The number of anilines is 1. The molecule has 3 atom stereocenters. The van der Waals surface area contributed by atoms with Crippen molar-refractivity contribution in [2.45, 2.75) is 57.5 Å². The lowest BCUT2D eigenvalue weighted by Crippen LogP contribution is -2.53. The molecule has 1 amide bonds. The van der Waals surface area contributed by atoms with Crippen LogP contribution in [0.3, 0.4) is 0 Å². The quantitative estimate of drug-likeness (QED) is 0.858. The van der Waals surface area contributed by atoms with Crippen molar-refractivity contribution in [2.24, 2.45) is 5.92 Å². The smallest absolute Gasteiger partial charge is 0.242 e. The van der Waals surface area contributed by atoms with Gasteiger partial charge in [0.05, 0.1) is 11.7 Å². The predicted molar refractivity (Wildman–Crippen MR) is 87.2 cm³/mol. The second-order valence-corrected chi connectivity index (χ2v) is 7.05. The van der Waals surface area contributed by atoms with Gasteiger partial charge in [0.2, 0.25) is 5.91 Å². The molecule has 114 valence electrons. The Hall–Kier alpha value is -0.940. The molecule has 3 unspecified atom stereocenters. The van der Waals surface area contributed by atoms with E-state index in [1.165, 1.54) is 32.1 Å². The number of hydrogen-bond donors (Lipinski definition) is 2. The monoisotopic (exact) mass is 351 g/mol. The largest absolute Gasteiger partial charge is 0.309 e. The van der Waals surface area contributed by atoms with Crippen LogP contribution in [0.15, 0.2) is 16.6 Å². The minimum atomic E-state index is -0.0740. The molecule has 2 heterocycles. The maximum Gasteiger partial charge on any atom is 0.242 e. The van der Waals surface area contributed by atoms with E-state index in [-0.39, 0.29) is 11.9 Å². The number of fused-ring (bicyclic) bond motifs is 1. The van der Waals surface area contributed by atoms with E-state index in [2.05, 4.69) is 31.5 Å². The summed E-state index contributed by atoms with van der Waals surface area (Å²) in [7, 11) is 0. The summed E-state index contributed by atoms with van der Waals surface area (Å²) in [6, 6.07) is 4.21. The SMILES string of the molecule is Cc1nc(NC(=O)C2CCC3CCCCC3N2)ccc1Br. The van der Waals surface area contributed by atoms with Gasteiger partial charge in [-0.15, -0.1) is 0 Å². The third-order valence-corrected chi connectivity index (χ3v) is 5.58. The van der Waals surface area contributed by atoms with Gasteiger partial charge in [-0.3, -0.25) is 4.79 Å². The zero-order chi connectivity index (χ0) is 14.8. The van der Waals surface area contributed by atoms with Crippen LogP contribution in [0.4, 0.5) is 5.82 Å². The van der Waals surface area contributed by atoms with Crippen molar-refractivity contribution in [3.8, 4) is 0 Å². The molecule has 5 heteroatoms. The van der Waals surface area contributed by atoms with Crippen LogP contribution in [0.25, 0.3) is 0 Å². The van der Waals surface area contributed by atoms with Crippen LogP contribution in [-0.4, -0.2) is 23.0 Å². The number of nitrogens with one attached hydrogen (secondary N) is 2. The summed E-state index contributed by atoms with van der Waals surface area (Å²) in [5.74, 6) is 1.46. The van der Waals surface area contributed by atoms with Crippen molar-refractivity contribution in [2.75, 3.05) is 5.32 Å². The number of amides is 1. The van der Waals surface area contributed by atoms with E-state index >= 15 is 0 Å². The van der Waals surface area contributed by atoms with Gasteiger partial charge in [-0.1, -0.05) is 12.8 Å². The van der Waals surface area contributed by atoms with Gasteiger partial charge in [0.1, 0.15) is 5.82 Å². The van der Waals surface area contributed by atoms with E-state index in [0.717, 1.165) is 22.5 Å². The standard InChI is InChI=1S/C16H22BrN3O/c1-10-12(17)7-9-15(18-10)20-16(21)14-8-6-11-4-2-3-5-13(11)19-14/h7,9,11,13-14,19H,2-6,8H2,1H3,(H,18,20,21). The molecule has 0 radical (unpaired) electrons. The number of halogens is 1. The number of hydrogen-bond acceptors (Lipinski definition) is 3. The first-order chi connectivity index (χ1) is 10.1. The fourth-order valence-electron chi connectivity index (χ4n) is 3.53. The third kappa shape index (κ3) is 3.46. The minimum Gasteiger partial charge on any atom is -0.309 e. The van der Waals surface area contributed by atoms with Gasteiger partial charge in [-0.25, -0.2) is 4.98 Å². The summed E-state index contributed by atoms with van der Waals surface area (Å²) in [6.07, 6.45) is 7.27. The Labute approximate surface area is 134 Å². The van der Waals surface area contributed by atoms with Crippen molar-refractivity contribution in [1.29, 1.82) is 0 Å². The number of rotatable bonds is 2. The number of aromatic nitrogens is 1. The van der Waals surface area contributed by atoms with Gasteiger partial charge in [-0.2, -0.15) is 0 Å². The number of aryl methyl sites for hydroxylation is 1. The molecule has 2 fully saturated rings. The predicted octanol–water partition coefficient (Wildman–Crippen LogP) is 3.40. The molecule has 0 spiro atoms. The number of carbonyl (C=O) groups excluding carboxylic acids is 1. The summed E-state index contributed by atoms with van der Waals surface area (Å²) in [6.45, 7) is 1.92.